The van der Waals surface area contributed by atoms with Crippen LogP contribution in [0.2, 0.25) is 0 Å². The minimum Gasteiger partial charge on any atom is -0.475 e. The molecule has 5 nitrogen and oxygen atoms in total. The van der Waals surface area contributed by atoms with Gasteiger partial charge in [0, 0.05) is 8.15 Å². The standard InChI is InChI=1S/C32H57NO4P/c1-29(32-22-24-35-28-37-32)17-9-6-5-7-12-20-31(36-27-30-18-10-8-11-19-30)21-13-15-25-38(34)26-16-14-23-33(2,3)4/h8,10-11,18-19,22,24,29,31-32,34H,5-7,9,12-17,20-21,23,25-28H2,1-4H3/q+1. The van der Waals surface area contributed by atoms with Gasteiger partial charge < -0.3 is 23.6 Å². The van der Waals surface area contributed by atoms with Crippen LogP contribution < -0.4 is 0 Å². The second kappa shape index (κ2) is 20.0. The maximum atomic E-state index is 10.5. The zero-order valence-corrected chi connectivity index (χ0v) is 25.8. The molecular formula is C32H57NO4P+. The molecule has 1 aliphatic heterocycles. The first kappa shape index (κ1) is 33.2. The molecule has 1 heterocycles. The maximum absolute atomic E-state index is 10.5. The van der Waals surface area contributed by atoms with Crippen molar-refractivity contribution in [1.29, 1.82) is 0 Å². The van der Waals surface area contributed by atoms with Crippen molar-refractivity contribution in [2.24, 2.45) is 5.92 Å². The highest BCUT2D eigenvalue weighted by Gasteiger charge is 2.17. The van der Waals surface area contributed by atoms with Gasteiger partial charge >= 0.3 is 0 Å². The van der Waals surface area contributed by atoms with Crippen molar-refractivity contribution in [1.82, 2.24) is 0 Å². The van der Waals surface area contributed by atoms with Crippen LogP contribution in [0.4, 0.5) is 0 Å². The number of rotatable bonds is 22. The molecule has 0 spiro atoms. The summed E-state index contributed by atoms with van der Waals surface area (Å²) in [6.07, 6.45) is 20.8. The molecule has 0 bridgehead atoms. The molecular weight excluding hydrogens is 493 g/mol. The average Bonchev–Trinajstić information content (AvgIpc) is 2.91. The van der Waals surface area contributed by atoms with E-state index in [0.717, 1.165) is 48.9 Å². The Morgan fingerprint density at radius 3 is 2.18 bits per heavy atom. The molecule has 0 aromatic heterocycles. The van der Waals surface area contributed by atoms with Crippen molar-refractivity contribution >= 4 is 8.15 Å². The van der Waals surface area contributed by atoms with Crippen LogP contribution in [0.5, 0.6) is 0 Å². The lowest BCUT2D eigenvalue weighted by Crippen LogP contribution is -2.35. The quantitative estimate of drug-likeness (QED) is 0.0907. The van der Waals surface area contributed by atoms with Gasteiger partial charge in [0.05, 0.1) is 52.8 Å². The monoisotopic (exact) mass is 550 g/mol. The first-order chi connectivity index (χ1) is 18.3. The molecule has 1 aliphatic rings. The second-order valence-corrected chi connectivity index (χ2v) is 14.1. The number of ether oxygens (including phenoxy) is 3. The third-order valence-electron chi connectivity index (χ3n) is 7.46. The third kappa shape index (κ3) is 16.9. The Hall–Kier alpha value is -0.970. The Bertz CT molecular complexity index is 724. The minimum absolute atomic E-state index is 0.210. The van der Waals surface area contributed by atoms with Crippen molar-refractivity contribution in [3.8, 4) is 0 Å². The highest BCUT2D eigenvalue weighted by molar-refractivity contribution is 7.51. The maximum Gasteiger partial charge on any atom is 0.188 e. The Morgan fingerprint density at radius 2 is 1.53 bits per heavy atom. The summed E-state index contributed by atoms with van der Waals surface area (Å²) in [4.78, 5) is 10.5. The zero-order valence-electron chi connectivity index (χ0n) is 24.9. The molecule has 1 N–H and O–H groups in total. The van der Waals surface area contributed by atoms with E-state index >= 15 is 0 Å². The van der Waals surface area contributed by atoms with Crippen molar-refractivity contribution < 1.29 is 23.6 Å². The molecule has 0 amide bonds. The van der Waals surface area contributed by atoms with Gasteiger partial charge in [-0.1, -0.05) is 75.8 Å². The van der Waals surface area contributed by atoms with E-state index in [4.69, 9.17) is 14.2 Å². The first-order valence-electron chi connectivity index (χ1n) is 15.1. The largest absolute Gasteiger partial charge is 0.475 e. The lowest BCUT2D eigenvalue weighted by Gasteiger charge is -2.24. The SMILES string of the molecule is CC(CCCCCCCC(CCCCP(O)CCCC[N+](C)(C)C)OCc1ccccc1)C1C=COCO1. The van der Waals surface area contributed by atoms with Crippen LogP contribution in [0.15, 0.2) is 42.7 Å². The van der Waals surface area contributed by atoms with Gasteiger partial charge in [0.1, 0.15) is 0 Å². The van der Waals surface area contributed by atoms with Gasteiger partial charge in [-0.05, 0) is 68.4 Å². The van der Waals surface area contributed by atoms with E-state index in [1.807, 2.05) is 6.08 Å². The van der Waals surface area contributed by atoms with Crippen molar-refractivity contribution in [2.75, 3.05) is 46.8 Å². The van der Waals surface area contributed by atoms with Gasteiger partial charge in [-0.15, -0.1) is 0 Å². The number of unbranched alkanes of at least 4 members (excludes halogenated alkanes) is 6. The number of nitrogens with zero attached hydrogens (tertiary/aromatic N) is 1. The highest BCUT2D eigenvalue weighted by Crippen LogP contribution is 2.33. The molecule has 1 aromatic carbocycles. The number of benzene rings is 1. The fraction of sp³-hybridized carbons (Fsp3) is 0.750. The summed E-state index contributed by atoms with van der Waals surface area (Å²) in [7, 11) is 5.92. The lowest BCUT2D eigenvalue weighted by atomic mass is 9.96. The van der Waals surface area contributed by atoms with Crippen LogP contribution in [0.25, 0.3) is 0 Å². The topological polar surface area (TPSA) is 47.9 Å². The van der Waals surface area contributed by atoms with Crippen LogP contribution in [0.1, 0.15) is 89.5 Å². The summed E-state index contributed by atoms with van der Waals surface area (Å²) >= 11 is 0. The lowest BCUT2D eigenvalue weighted by molar-refractivity contribution is -0.870. The summed E-state index contributed by atoms with van der Waals surface area (Å²) in [5.41, 5.74) is 1.25. The van der Waals surface area contributed by atoms with E-state index in [0.29, 0.717) is 25.4 Å². The molecule has 6 heteroatoms. The zero-order chi connectivity index (χ0) is 27.5. The van der Waals surface area contributed by atoms with Gasteiger partial charge in [-0.3, -0.25) is 0 Å². The first-order valence-corrected chi connectivity index (χ1v) is 16.8. The Morgan fingerprint density at radius 1 is 0.895 bits per heavy atom. The highest BCUT2D eigenvalue weighted by atomic mass is 31.1. The summed E-state index contributed by atoms with van der Waals surface area (Å²) in [5, 5.41) is 0. The molecule has 0 saturated carbocycles. The van der Waals surface area contributed by atoms with E-state index in [2.05, 4.69) is 58.4 Å². The van der Waals surface area contributed by atoms with E-state index in [1.165, 1.54) is 57.1 Å². The molecule has 0 aliphatic carbocycles. The average molecular weight is 551 g/mol. The molecule has 4 unspecified atom stereocenters. The smallest absolute Gasteiger partial charge is 0.188 e. The molecule has 38 heavy (non-hydrogen) atoms. The van der Waals surface area contributed by atoms with Crippen LogP contribution >= 0.6 is 8.15 Å². The van der Waals surface area contributed by atoms with Crippen LogP contribution in [0.3, 0.4) is 0 Å². The second-order valence-electron chi connectivity index (χ2n) is 12.2. The van der Waals surface area contributed by atoms with Crippen LogP contribution in [0, 0.1) is 5.92 Å². The fourth-order valence-corrected chi connectivity index (χ4v) is 6.39. The Labute approximate surface area is 235 Å². The summed E-state index contributed by atoms with van der Waals surface area (Å²) in [6.45, 7) is 4.55. The van der Waals surface area contributed by atoms with Crippen LogP contribution in [-0.4, -0.2) is 68.4 Å². The molecule has 1 aromatic rings. The van der Waals surface area contributed by atoms with Crippen molar-refractivity contribution in [3.63, 3.8) is 0 Å². The van der Waals surface area contributed by atoms with E-state index < -0.39 is 8.15 Å². The predicted molar refractivity (Wildman–Crippen MR) is 161 cm³/mol. The van der Waals surface area contributed by atoms with Crippen molar-refractivity contribution in [2.45, 2.75) is 103 Å². The fourth-order valence-electron chi connectivity index (χ4n) is 4.99. The van der Waals surface area contributed by atoms with Gasteiger partial charge in [0.2, 0.25) is 0 Å². The predicted octanol–water partition coefficient (Wildman–Crippen LogP) is 7.87. The Kier molecular flexibility index (Phi) is 17.5. The third-order valence-corrected chi connectivity index (χ3v) is 9.12. The minimum atomic E-state index is -0.798. The number of quaternary nitrogens is 1. The number of hydrogen-bond acceptors (Lipinski definition) is 4. The van der Waals surface area contributed by atoms with E-state index in [-0.39, 0.29) is 6.10 Å². The summed E-state index contributed by atoms with van der Waals surface area (Å²) in [5.74, 6) is 0.550. The molecule has 4 atom stereocenters. The van der Waals surface area contributed by atoms with Gasteiger partial charge in [0.15, 0.2) is 6.79 Å². The molecule has 218 valence electrons. The molecule has 0 saturated heterocycles. The molecule has 0 fully saturated rings. The number of hydrogen-bond donors (Lipinski definition) is 1. The summed E-state index contributed by atoms with van der Waals surface area (Å²) in [6, 6.07) is 10.5. The molecule has 2 rings (SSSR count). The molecule has 0 radical (unpaired) electrons. The van der Waals surface area contributed by atoms with Gasteiger partial charge in [0.25, 0.3) is 0 Å². The van der Waals surface area contributed by atoms with E-state index in [9.17, 15) is 4.89 Å². The Balaban J connectivity index is 1.59. The van der Waals surface area contributed by atoms with Gasteiger partial charge in [-0.25, -0.2) is 0 Å². The normalized spacial score (nSPS) is 18.2. The van der Waals surface area contributed by atoms with Crippen LogP contribution in [-0.2, 0) is 20.8 Å². The summed E-state index contributed by atoms with van der Waals surface area (Å²) < 4.78 is 18.2. The van der Waals surface area contributed by atoms with Gasteiger partial charge in [-0.2, -0.15) is 0 Å². The van der Waals surface area contributed by atoms with E-state index in [1.54, 1.807) is 6.26 Å². The van der Waals surface area contributed by atoms with Crippen molar-refractivity contribution in [3.05, 3.63) is 48.2 Å².